The number of rotatable bonds is 2. The molecule has 1 unspecified atom stereocenters. The Balaban J connectivity index is 0.000000671. The van der Waals surface area contributed by atoms with Gasteiger partial charge in [0, 0.05) is 0 Å². The molecular weight excluding hydrogens is 164 g/mol. The molecule has 0 fully saturated rings. The van der Waals surface area contributed by atoms with Crippen molar-refractivity contribution in [3.63, 3.8) is 0 Å². The second kappa shape index (κ2) is 7.84. The fourth-order valence-electron chi connectivity index (χ4n) is 1.35. The van der Waals surface area contributed by atoms with Gasteiger partial charge in [0.2, 0.25) is 0 Å². The molecule has 0 saturated heterocycles. The fraction of sp³-hybridized carbons (Fsp3) is 0.727. The Hall–Kier alpha value is -0.790. The Morgan fingerprint density at radius 1 is 1.54 bits per heavy atom. The molecule has 0 heterocycles. The Morgan fingerprint density at radius 3 is 2.69 bits per heavy atom. The molecule has 76 valence electrons. The highest BCUT2D eigenvalue weighted by molar-refractivity contribution is 5.69. The summed E-state index contributed by atoms with van der Waals surface area (Å²) in [6.07, 6.45) is 8.33. The molecule has 13 heavy (non-hydrogen) atoms. The SMILES string of the molecule is CC.COC(=O)CC1C=CCCC1. The lowest BCUT2D eigenvalue weighted by molar-refractivity contribution is -0.141. The zero-order chi connectivity index (χ0) is 10.1. The summed E-state index contributed by atoms with van der Waals surface area (Å²) in [5.74, 6) is 0.331. The lowest BCUT2D eigenvalue weighted by Crippen LogP contribution is -2.09. The van der Waals surface area contributed by atoms with Crippen LogP contribution in [0.4, 0.5) is 0 Å². The third-order valence-corrected chi connectivity index (χ3v) is 2.01. The summed E-state index contributed by atoms with van der Waals surface area (Å²) in [7, 11) is 1.44. The zero-order valence-corrected chi connectivity index (χ0v) is 8.88. The molecule has 0 aromatic rings. The summed E-state index contributed by atoms with van der Waals surface area (Å²) in [5, 5.41) is 0. The molecule has 1 rings (SSSR count). The number of ether oxygens (including phenoxy) is 1. The number of carbonyl (C=O) groups is 1. The summed E-state index contributed by atoms with van der Waals surface area (Å²) in [4.78, 5) is 10.8. The molecule has 0 bridgehead atoms. The monoisotopic (exact) mass is 184 g/mol. The van der Waals surface area contributed by atoms with Gasteiger partial charge in [0.05, 0.1) is 13.5 Å². The van der Waals surface area contributed by atoms with Crippen molar-refractivity contribution in [1.82, 2.24) is 0 Å². The number of hydrogen-bond donors (Lipinski definition) is 0. The number of esters is 1. The number of carbonyl (C=O) groups excluding carboxylic acids is 1. The Bertz CT molecular complexity index is 161. The van der Waals surface area contributed by atoms with E-state index in [9.17, 15) is 4.79 Å². The number of allylic oxidation sites excluding steroid dienone is 2. The van der Waals surface area contributed by atoms with Gasteiger partial charge in [-0.3, -0.25) is 4.79 Å². The van der Waals surface area contributed by atoms with E-state index in [4.69, 9.17) is 0 Å². The molecule has 2 nitrogen and oxygen atoms in total. The molecule has 0 radical (unpaired) electrons. The van der Waals surface area contributed by atoms with Gasteiger partial charge in [-0.25, -0.2) is 0 Å². The van der Waals surface area contributed by atoms with E-state index >= 15 is 0 Å². The second-order valence-corrected chi connectivity index (χ2v) is 2.90. The quantitative estimate of drug-likeness (QED) is 0.487. The van der Waals surface area contributed by atoms with Gasteiger partial charge in [-0.1, -0.05) is 26.0 Å². The first kappa shape index (κ1) is 12.2. The van der Waals surface area contributed by atoms with Crippen molar-refractivity contribution in [2.24, 2.45) is 5.92 Å². The maximum Gasteiger partial charge on any atom is 0.306 e. The van der Waals surface area contributed by atoms with Crippen LogP contribution in [0.1, 0.15) is 39.5 Å². The van der Waals surface area contributed by atoms with Gasteiger partial charge in [-0.2, -0.15) is 0 Å². The first-order chi connectivity index (χ1) is 6.33. The minimum Gasteiger partial charge on any atom is -0.469 e. The minimum atomic E-state index is -0.0958. The molecule has 0 aromatic carbocycles. The van der Waals surface area contributed by atoms with Crippen LogP contribution in [0.2, 0.25) is 0 Å². The largest absolute Gasteiger partial charge is 0.469 e. The van der Waals surface area contributed by atoms with Gasteiger partial charge in [0.1, 0.15) is 0 Å². The highest BCUT2D eigenvalue weighted by Crippen LogP contribution is 2.20. The maximum atomic E-state index is 10.8. The first-order valence-electron chi connectivity index (χ1n) is 5.06. The maximum absolute atomic E-state index is 10.8. The van der Waals surface area contributed by atoms with Crippen LogP contribution in [0, 0.1) is 5.92 Å². The Labute approximate surface area is 81.0 Å². The smallest absolute Gasteiger partial charge is 0.306 e. The highest BCUT2D eigenvalue weighted by atomic mass is 16.5. The van der Waals surface area contributed by atoms with Crippen LogP contribution in [-0.4, -0.2) is 13.1 Å². The van der Waals surface area contributed by atoms with Crippen LogP contribution in [0.25, 0.3) is 0 Å². The van der Waals surface area contributed by atoms with Crippen molar-refractivity contribution in [3.05, 3.63) is 12.2 Å². The molecule has 2 heteroatoms. The molecular formula is C11H20O2. The van der Waals surface area contributed by atoms with Crippen molar-refractivity contribution >= 4 is 5.97 Å². The first-order valence-corrected chi connectivity index (χ1v) is 5.06. The zero-order valence-electron chi connectivity index (χ0n) is 8.88. The topological polar surface area (TPSA) is 26.3 Å². The van der Waals surface area contributed by atoms with Gasteiger partial charge in [-0.05, 0) is 25.2 Å². The normalized spacial score (nSPS) is 20.1. The molecule has 0 aromatic heterocycles. The van der Waals surface area contributed by atoms with Gasteiger partial charge >= 0.3 is 5.97 Å². The lowest BCUT2D eigenvalue weighted by atomic mass is 9.93. The van der Waals surface area contributed by atoms with Crippen molar-refractivity contribution in [2.45, 2.75) is 39.5 Å². The number of hydrogen-bond acceptors (Lipinski definition) is 2. The van der Waals surface area contributed by atoms with Crippen molar-refractivity contribution < 1.29 is 9.53 Å². The van der Waals surface area contributed by atoms with Gasteiger partial charge in [0.15, 0.2) is 0 Å². The third-order valence-electron chi connectivity index (χ3n) is 2.01. The van der Waals surface area contributed by atoms with E-state index < -0.39 is 0 Å². The molecule has 0 aliphatic heterocycles. The Kier molecular flexibility index (Phi) is 7.36. The molecule has 1 atom stereocenters. The second-order valence-electron chi connectivity index (χ2n) is 2.90. The van der Waals surface area contributed by atoms with Crippen LogP contribution in [-0.2, 0) is 9.53 Å². The van der Waals surface area contributed by atoms with Crippen LogP contribution in [0.15, 0.2) is 12.2 Å². The standard InChI is InChI=1S/C9H14O2.C2H6/c1-11-9(10)7-8-5-3-2-4-6-8;1-2/h3,5,8H,2,4,6-7H2,1H3;1-2H3. The van der Waals surface area contributed by atoms with E-state index in [1.54, 1.807) is 0 Å². The predicted octanol–water partition coefficient (Wildman–Crippen LogP) is 2.93. The van der Waals surface area contributed by atoms with Crippen LogP contribution >= 0.6 is 0 Å². The van der Waals surface area contributed by atoms with Gasteiger partial charge < -0.3 is 4.74 Å². The summed E-state index contributed by atoms with van der Waals surface area (Å²) >= 11 is 0. The van der Waals surface area contributed by atoms with E-state index in [2.05, 4.69) is 16.9 Å². The highest BCUT2D eigenvalue weighted by Gasteiger charge is 2.12. The molecule has 0 saturated carbocycles. The molecule has 0 spiro atoms. The average Bonchev–Trinajstić information content (AvgIpc) is 2.22. The summed E-state index contributed by atoms with van der Waals surface area (Å²) in [5.41, 5.74) is 0. The predicted molar refractivity (Wildman–Crippen MR) is 54.5 cm³/mol. The molecule has 0 N–H and O–H groups in total. The summed E-state index contributed by atoms with van der Waals surface area (Å²) < 4.78 is 4.58. The van der Waals surface area contributed by atoms with Crippen LogP contribution < -0.4 is 0 Å². The van der Waals surface area contributed by atoms with E-state index in [1.807, 2.05) is 13.8 Å². The lowest BCUT2D eigenvalue weighted by Gasteiger charge is -2.13. The van der Waals surface area contributed by atoms with E-state index in [0.29, 0.717) is 12.3 Å². The summed E-state index contributed by atoms with van der Waals surface area (Å²) in [6, 6.07) is 0. The third kappa shape index (κ3) is 5.45. The van der Waals surface area contributed by atoms with Crippen molar-refractivity contribution in [3.8, 4) is 0 Å². The van der Waals surface area contributed by atoms with E-state index in [1.165, 1.54) is 13.5 Å². The van der Waals surface area contributed by atoms with Gasteiger partial charge in [0.25, 0.3) is 0 Å². The Morgan fingerprint density at radius 2 is 2.23 bits per heavy atom. The van der Waals surface area contributed by atoms with Crippen molar-refractivity contribution in [1.29, 1.82) is 0 Å². The van der Waals surface area contributed by atoms with E-state index in [0.717, 1.165) is 12.8 Å². The summed E-state index contributed by atoms with van der Waals surface area (Å²) in [6.45, 7) is 4.00. The number of methoxy groups -OCH3 is 1. The van der Waals surface area contributed by atoms with Crippen LogP contribution in [0.3, 0.4) is 0 Å². The molecule has 1 aliphatic carbocycles. The van der Waals surface area contributed by atoms with Crippen molar-refractivity contribution in [2.75, 3.05) is 7.11 Å². The average molecular weight is 184 g/mol. The molecule has 1 aliphatic rings. The molecule has 0 amide bonds. The van der Waals surface area contributed by atoms with Crippen LogP contribution in [0.5, 0.6) is 0 Å². The fourth-order valence-corrected chi connectivity index (χ4v) is 1.35. The minimum absolute atomic E-state index is 0.0958. The van der Waals surface area contributed by atoms with E-state index in [-0.39, 0.29) is 5.97 Å². The van der Waals surface area contributed by atoms with Gasteiger partial charge in [-0.15, -0.1) is 0 Å².